The summed E-state index contributed by atoms with van der Waals surface area (Å²) in [6.07, 6.45) is 1.62. The summed E-state index contributed by atoms with van der Waals surface area (Å²) >= 11 is 6.25. The summed E-state index contributed by atoms with van der Waals surface area (Å²) in [6, 6.07) is 13.1. The Labute approximate surface area is 260 Å². The summed E-state index contributed by atoms with van der Waals surface area (Å²) in [5.41, 5.74) is 1.73. The normalized spacial score (nSPS) is 20.9. The number of nitrogens with one attached hydrogen (secondary N) is 1. The van der Waals surface area contributed by atoms with Crippen molar-refractivity contribution in [3.8, 4) is 11.8 Å². The van der Waals surface area contributed by atoms with Crippen LogP contribution in [0, 0.1) is 22.2 Å². The Hall–Kier alpha value is -3.28. The van der Waals surface area contributed by atoms with Gasteiger partial charge >= 0.3 is 5.97 Å². The molecular formula is C34H44ClN3O5. The molecule has 2 aromatic carbocycles. The molecule has 0 radical (unpaired) electrons. The SMILES string of the molecule is CCCC(COCC(=O)OC(C)(C)C)Nc1ccc2c(c1)C(=O)N(C1C(C)(C)C(Oc3ccc(C#N)c(Cl)c3)C1(C)C)C2. The Morgan fingerprint density at radius 2 is 1.86 bits per heavy atom. The van der Waals surface area contributed by atoms with Crippen LogP contribution in [-0.4, -0.2) is 53.8 Å². The molecule has 8 nitrogen and oxygen atoms in total. The number of esters is 1. The molecule has 4 rings (SSSR count). The summed E-state index contributed by atoms with van der Waals surface area (Å²) in [7, 11) is 0. The van der Waals surface area contributed by atoms with Crippen LogP contribution in [0.1, 0.15) is 89.7 Å². The predicted octanol–water partition coefficient (Wildman–Crippen LogP) is 6.99. The van der Waals surface area contributed by atoms with Crippen LogP contribution >= 0.6 is 11.6 Å². The number of hydrogen-bond acceptors (Lipinski definition) is 7. The monoisotopic (exact) mass is 609 g/mol. The number of anilines is 1. The van der Waals surface area contributed by atoms with Crippen LogP contribution in [0.5, 0.6) is 5.75 Å². The number of carbonyl (C=O) groups excluding carboxylic acids is 2. The maximum absolute atomic E-state index is 13.8. The lowest BCUT2D eigenvalue weighted by atomic mass is 9.49. The van der Waals surface area contributed by atoms with Crippen molar-refractivity contribution < 1.29 is 23.8 Å². The van der Waals surface area contributed by atoms with Crippen molar-refractivity contribution in [1.29, 1.82) is 5.26 Å². The molecule has 2 aromatic rings. The fraction of sp³-hybridized carbons (Fsp3) is 0.559. The van der Waals surface area contributed by atoms with Crippen molar-refractivity contribution in [2.24, 2.45) is 10.8 Å². The van der Waals surface area contributed by atoms with E-state index in [1.165, 1.54) is 0 Å². The van der Waals surface area contributed by atoms with Gasteiger partial charge in [-0.3, -0.25) is 4.79 Å². The van der Waals surface area contributed by atoms with Gasteiger partial charge in [-0.25, -0.2) is 4.79 Å². The van der Waals surface area contributed by atoms with E-state index in [1.807, 2.05) is 43.9 Å². The van der Waals surface area contributed by atoms with Crippen LogP contribution in [0.15, 0.2) is 36.4 Å². The van der Waals surface area contributed by atoms with Gasteiger partial charge in [-0.05, 0) is 57.0 Å². The maximum atomic E-state index is 13.8. The van der Waals surface area contributed by atoms with E-state index in [0.29, 0.717) is 35.1 Å². The first-order valence-electron chi connectivity index (χ1n) is 14.9. The minimum atomic E-state index is -0.552. The fourth-order valence-corrected chi connectivity index (χ4v) is 7.28. The van der Waals surface area contributed by atoms with E-state index >= 15 is 0 Å². The highest BCUT2D eigenvalue weighted by molar-refractivity contribution is 6.31. The van der Waals surface area contributed by atoms with E-state index in [9.17, 15) is 14.9 Å². The largest absolute Gasteiger partial charge is 0.489 e. The first-order chi connectivity index (χ1) is 20.1. The molecule has 0 saturated heterocycles. The molecule has 2 aliphatic rings. The summed E-state index contributed by atoms with van der Waals surface area (Å²) in [6.45, 7) is 16.9. The van der Waals surface area contributed by atoms with E-state index in [4.69, 9.17) is 25.8 Å². The Balaban J connectivity index is 1.43. The molecule has 1 amide bonds. The van der Waals surface area contributed by atoms with Crippen molar-refractivity contribution in [1.82, 2.24) is 4.90 Å². The van der Waals surface area contributed by atoms with Crippen LogP contribution in [-0.2, 0) is 20.8 Å². The zero-order chi connectivity index (χ0) is 31.7. The Morgan fingerprint density at radius 1 is 1.16 bits per heavy atom. The molecule has 1 fully saturated rings. The number of hydrogen-bond donors (Lipinski definition) is 1. The van der Waals surface area contributed by atoms with Crippen LogP contribution in [0.4, 0.5) is 5.69 Å². The highest BCUT2D eigenvalue weighted by Gasteiger charge is 2.67. The van der Waals surface area contributed by atoms with Gasteiger partial charge in [-0.2, -0.15) is 5.26 Å². The lowest BCUT2D eigenvalue weighted by Gasteiger charge is -2.65. The molecule has 1 heterocycles. The molecule has 1 atom stereocenters. The third-order valence-electron chi connectivity index (χ3n) is 8.30. The predicted molar refractivity (Wildman–Crippen MR) is 167 cm³/mol. The number of carbonyl (C=O) groups is 2. The zero-order valence-electron chi connectivity index (χ0n) is 26.5. The molecule has 43 heavy (non-hydrogen) atoms. The number of benzene rings is 2. The fourth-order valence-electron chi connectivity index (χ4n) is 7.07. The topological polar surface area (TPSA) is 101 Å². The van der Waals surface area contributed by atoms with Crippen molar-refractivity contribution in [2.75, 3.05) is 18.5 Å². The zero-order valence-corrected chi connectivity index (χ0v) is 27.3. The van der Waals surface area contributed by atoms with Gasteiger partial charge in [-0.1, -0.05) is 58.7 Å². The van der Waals surface area contributed by atoms with Crippen LogP contribution in [0.25, 0.3) is 0 Å². The molecule has 232 valence electrons. The first-order valence-corrected chi connectivity index (χ1v) is 15.3. The number of fused-ring (bicyclic) bond motifs is 1. The van der Waals surface area contributed by atoms with Gasteiger partial charge in [0.15, 0.2) is 0 Å². The highest BCUT2D eigenvalue weighted by Crippen LogP contribution is 2.59. The summed E-state index contributed by atoms with van der Waals surface area (Å²) in [5, 5.41) is 13.1. The number of rotatable bonds is 11. The number of nitriles is 1. The van der Waals surface area contributed by atoms with Crippen LogP contribution in [0.2, 0.25) is 5.02 Å². The molecule has 9 heteroatoms. The summed E-state index contributed by atoms with van der Waals surface area (Å²) in [5.74, 6) is 0.232. The third kappa shape index (κ3) is 6.94. The van der Waals surface area contributed by atoms with E-state index in [-0.39, 0.29) is 47.5 Å². The Kier molecular flexibility index (Phi) is 9.39. The van der Waals surface area contributed by atoms with Gasteiger partial charge in [0.2, 0.25) is 0 Å². The minimum Gasteiger partial charge on any atom is -0.489 e. The quantitative estimate of drug-likeness (QED) is 0.274. The second kappa shape index (κ2) is 12.4. The first kappa shape index (κ1) is 32.6. The lowest BCUT2D eigenvalue weighted by molar-refractivity contribution is -0.199. The van der Waals surface area contributed by atoms with Gasteiger partial charge in [0, 0.05) is 46.8 Å². The summed E-state index contributed by atoms with van der Waals surface area (Å²) in [4.78, 5) is 27.9. The van der Waals surface area contributed by atoms with Gasteiger partial charge in [0.25, 0.3) is 5.91 Å². The Bertz CT molecular complexity index is 1390. The smallest absolute Gasteiger partial charge is 0.332 e. The molecular weight excluding hydrogens is 566 g/mol. The molecule has 1 aliphatic carbocycles. The van der Waals surface area contributed by atoms with E-state index in [2.05, 4.69) is 46.0 Å². The average Bonchev–Trinajstić information content (AvgIpc) is 3.20. The molecule has 1 N–H and O–H groups in total. The molecule has 0 bridgehead atoms. The van der Waals surface area contributed by atoms with Crippen molar-refractivity contribution >= 4 is 29.2 Å². The van der Waals surface area contributed by atoms with Crippen molar-refractivity contribution in [3.63, 3.8) is 0 Å². The lowest BCUT2D eigenvalue weighted by Crippen LogP contribution is -2.74. The standard InChI is InChI=1S/C34H44ClN3O5/c1-9-10-24(19-41-20-28(39)43-32(2,3)4)37-23-13-11-22-18-38(29(40)26(22)15-23)30-33(5,6)31(34(30,7)8)42-25-14-12-21(17-36)27(35)16-25/h11-16,24,30-31,37H,9-10,18-20H2,1-8H3. The maximum Gasteiger partial charge on any atom is 0.332 e. The summed E-state index contributed by atoms with van der Waals surface area (Å²) < 4.78 is 17.5. The average molecular weight is 610 g/mol. The van der Waals surface area contributed by atoms with E-state index < -0.39 is 5.60 Å². The number of halogens is 1. The van der Waals surface area contributed by atoms with Crippen LogP contribution < -0.4 is 10.1 Å². The molecule has 1 aliphatic heterocycles. The third-order valence-corrected chi connectivity index (χ3v) is 8.61. The van der Waals surface area contributed by atoms with Gasteiger partial charge in [0.1, 0.15) is 30.1 Å². The van der Waals surface area contributed by atoms with E-state index in [0.717, 1.165) is 24.1 Å². The second-order valence-corrected chi connectivity index (χ2v) is 14.2. The molecule has 1 saturated carbocycles. The molecule has 1 unspecified atom stereocenters. The number of ether oxygens (including phenoxy) is 3. The number of amides is 1. The second-order valence-electron chi connectivity index (χ2n) is 13.8. The molecule has 0 spiro atoms. The van der Waals surface area contributed by atoms with Crippen LogP contribution in [0.3, 0.4) is 0 Å². The Morgan fingerprint density at radius 3 is 2.47 bits per heavy atom. The molecule has 0 aromatic heterocycles. The van der Waals surface area contributed by atoms with Gasteiger partial charge < -0.3 is 24.4 Å². The van der Waals surface area contributed by atoms with Crippen molar-refractivity contribution in [3.05, 3.63) is 58.1 Å². The highest BCUT2D eigenvalue weighted by atomic mass is 35.5. The number of nitrogens with zero attached hydrogens (tertiary/aromatic N) is 2. The van der Waals surface area contributed by atoms with E-state index in [1.54, 1.807) is 18.2 Å². The van der Waals surface area contributed by atoms with Gasteiger partial charge in [0.05, 0.1) is 17.2 Å². The van der Waals surface area contributed by atoms with Crippen molar-refractivity contribution in [2.45, 2.75) is 98.6 Å². The minimum absolute atomic E-state index is 0.0119. The van der Waals surface area contributed by atoms with Gasteiger partial charge in [-0.15, -0.1) is 0 Å².